The molecule has 1 N–H and O–H groups in total. The standard InChI is InChI=1S/C18H19NO6S/c1-11(20)19-9-12-7-8-16(26-12)14(21)10-25-18(22)13-5-4-6-15(23-2)17(13)24-3/h4-8H,9-10H2,1-3H3,(H,19,20). The van der Waals surface area contributed by atoms with E-state index < -0.39 is 5.97 Å². The summed E-state index contributed by atoms with van der Waals surface area (Å²) < 4.78 is 15.4. The Morgan fingerprint density at radius 1 is 1.08 bits per heavy atom. The number of ether oxygens (including phenoxy) is 3. The van der Waals surface area contributed by atoms with Crippen LogP contribution in [0.4, 0.5) is 0 Å². The van der Waals surface area contributed by atoms with Crippen molar-refractivity contribution in [2.75, 3.05) is 20.8 Å². The van der Waals surface area contributed by atoms with Gasteiger partial charge in [-0.2, -0.15) is 0 Å². The number of Topliss-reactive ketones (excluding diaryl/α,β-unsaturated/α-hetero) is 1. The Bertz CT molecular complexity index is 814. The van der Waals surface area contributed by atoms with Gasteiger partial charge in [-0.05, 0) is 24.3 Å². The van der Waals surface area contributed by atoms with Crippen LogP contribution in [0.15, 0.2) is 30.3 Å². The molecule has 0 unspecified atom stereocenters. The Labute approximate surface area is 154 Å². The lowest BCUT2D eigenvalue weighted by Gasteiger charge is -2.11. The van der Waals surface area contributed by atoms with Crippen LogP contribution in [0.5, 0.6) is 11.5 Å². The monoisotopic (exact) mass is 377 g/mol. The number of hydrogen-bond acceptors (Lipinski definition) is 7. The molecule has 1 amide bonds. The maximum absolute atomic E-state index is 12.3. The molecule has 2 rings (SSSR count). The third-order valence-corrected chi connectivity index (χ3v) is 4.53. The fraction of sp³-hybridized carbons (Fsp3) is 0.278. The van der Waals surface area contributed by atoms with E-state index in [1.165, 1.54) is 38.5 Å². The van der Waals surface area contributed by atoms with Crippen LogP contribution in [-0.4, -0.2) is 38.5 Å². The van der Waals surface area contributed by atoms with Gasteiger partial charge in [0.2, 0.25) is 11.7 Å². The van der Waals surface area contributed by atoms with Gasteiger partial charge in [0.05, 0.1) is 25.6 Å². The highest BCUT2D eigenvalue weighted by Crippen LogP contribution is 2.31. The van der Waals surface area contributed by atoms with Gasteiger partial charge in [0.1, 0.15) is 5.56 Å². The topological polar surface area (TPSA) is 90.9 Å². The zero-order chi connectivity index (χ0) is 19.1. The highest BCUT2D eigenvalue weighted by Gasteiger charge is 2.19. The van der Waals surface area contributed by atoms with Crippen LogP contribution in [0, 0.1) is 0 Å². The van der Waals surface area contributed by atoms with Gasteiger partial charge in [-0.3, -0.25) is 9.59 Å². The number of carbonyl (C=O) groups excluding carboxylic acids is 3. The van der Waals surface area contributed by atoms with Crippen LogP contribution >= 0.6 is 11.3 Å². The van der Waals surface area contributed by atoms with E-state index in [0.717, 1.165) is 4.88 Å². The van der Waals surface area contributed by atoms with Gasteiger partial charge in [-0.15, -0.1) is 11.3 Å². The van der Waals surface area contributed by atoms with Crippen molar-refractivity contribution in [3.63, 3.8) is 0 Å². The van der Waals surface area contributed by atoms with Crippen LogP contribution in [0.25, 0.3) is 0 Å². The minimum absolute atomic E-state index is 0.146. The molecule has 0 fully saturated rings. The largest absolute Gasteiger partial charge is 0.493 e. The van der Waals surface area contributed by atoms with Gasteiger partial charge in [0, 0.05) is 11.8 Å². The first-order valence-electron chi connectivity index (χ1n) is 7.70. The number of nitrogens with one attached hydrogen (secondary N) is 1. The van der Waals surface area contributed by atoms with E-state index in [0.29, 0.717) is 17.2 Å². The molecule has 7 nitrogen and oxygen atoms in total. The third-order valence-electron chi connectivity index (χ3n) is 3.41. The quantitative estimate of drug-likeness (QED) is 0.561. The van der Waals surface area contributed by atoms with Crippen molar-refractivity contribution in [2.45, 2.75) is 13.5 Å². The molecule has 0 radical (unpaired) electrons. The number of methoxy groups -OCH3 is 2. The van der Waals surface area contributed by atoms with Gasteiger partial charge in [-0.25, -0.2) is 4.79 Å². The van der Waals surface area contributed by atoms with Gasteiger partial charge in [0.25, 0.3) is 0 Å². The van der Waals surface area contributed by atoms with Crippen LogP contribution in [0.3, 0.4) is 0 Å². The molecule has 0 atom stereocenters. The minimum Gasteiger partial charge on any atom is -0.493 e. The number of para-hydroxylation sites is 1. The van der Waals surface area contributed by atoms with Crippen LogP contribution in [-0.2, 0) is 16.1 Å². The van der Waals surface area contributed by atoms with Crippen molar-refractivity contribution in [1.82, 2.24) is 5.32 Å². The molecule has 138 valence electrons. The Morgan fingerprint density at radius 3 is 2.50 bits per heavy atom. The number of thiophene rings is 1. The second kappa shape index (κ2) is 9.00. The first-order valence-corrected chi connectivity index (χ1v) is 8.52. The van der Waals surface area contributed by atoms with E-state index in [2.05, 4.69) is 5.32 Å². The third kappa shape index (κ3) is 4.82. The maximum atomic E-state index is 12.3. The first-order chi connectivity index (χ1) is 12.5. The first kappa shape index (κ1) is 19.5. The fourth-order valence-corrected chi connectivity index (χ4v) is 3.03. The van der Waals surface area contributed by atoms with Crippen molar-refractivity contribution in [3.05, 3.63) is 45.6 Å². The van der Waals surface area contributed by atoms with Crippen LogP contribution < -0.4 is 14.8 Å². The number of carbonyl (C=O) groups is 3. The molecule has 0 aliphatic carbocycles. The Morgan fingerprint density at radius 2 is 1.85 bits per heavy atom. The predicted octanol–water partition coefficient (Wildman–Crippen LogP) is 2.44. The molecular weight excluding hydrogens is 358 g/mol. The molecule has 1 heterocycles. The average Bonchev–Trinajstić information content (AvgIpc) is 3.12. The highest BCUT2D eigenvalue weighted by atomic mass is 32.1. The molecule has 1 aromatic heterocycles. The lowest BCUT2D eigenvalue weighted by atomic mass is 10.2. The Hall–Kier alpha value is -2.87. The predicted molar refractivity (Wildman–Crippen MR) is 96.0 cm³/mol. The van der Waals surface area contributed by atoms with E-state index in [-0.39, 0.29) is 29.6 Å². The molecule has 0 aliphatic rings. The number of rotatable bonds is 8. The van der Waals surface area contributed by atoms with Gasteiger partial charge in [0.15, 0.2) is 18.1 Å². The van der Waals surface area contributed by atoms with Crippen molar-refractivity contribution in [3.8, 4) is 11.5 Å². The zero-order valence-corrected chi connectivity index (χ0v) is 15.5. The van der Waals surface area contributed by atoms with Crippen molar-refractivity contribution in [1.29, 1.82) is 0 Å². The summed E-state index contributed by atoms with van der Waals surface area (Å²) in [6.07, 6.45) is 0. The van der Waals surface area contributed by atoms with E-state index in [9.17, 15) is 14.4 Å². The Balaban J connectivity index is 1.99. The fourth-order valence-electron chi connectivity index (χ4n) is 2.16. The molecule has 0 saturated carbocycles. The molecule has 0 spiro atoms. The summed E-state index contributed by atoms with van der Waals surface area (Å²) in [7, 11) is 2.88. The zero-order valence-electron chi connectivity index (χ0n) is 14.7. The second-order valence-electron chi connectivity index (χ2n) is 5.22. The highest BCUT2D eigenvalue weighted by molar-refractivity contribution is 7.14. The summed E-state index contributed by atoms with van der Waals surface area (Å²) >= 11 is 1.24. The number of amides is 1. The molecule has 0 bridgehead atoms. The molecule has 0 aliphatic heterocycles. The number of esters is 1. The van der Waals surface area contributed by atoms with Crippen molar-refractivity contribution >= 4 is 29.0 Å². The SMILES string of the molecule is COc1cccc(C(=O)OCC(=O)c2ccc(CNC(C)=O)s2)c1OC. The molecule has 26 heavy (non-hydrogen) atoms. The van der Waals surface area contributed by atoms with E-state index in [1.54, 1.807) is 24.3 Å². The summed E-state index contributed by atoms with van der Waals surface area (Å²) in [5, 5.41) is 2.66. The lowest BCUT2D eigenvalue weighted by molar-refractivity contribution is -0.119. The summed E-state index contributed by atoms with van der Waals surface area (Å²) in [6, 6.07) is 8.21. The summed E-state index contributed by atoms with van der Waals surface area (Å²) in [5.74, 6) is -0.494. The molecule has 0 saturated heterocycles. The molecular formula is C18H19NO6S. The van der Waals surface area contributed by atoms with E-state index in [1.807, 2.05) is 0 Å². The minimum atomic E-state index is -0.677. The van der Waals surface area contributed by atoms with Gasteiger partial charge in [-0.1, -0.05) is 6.07 Å². The van der Waals surface area contributed by atoms with Gasteiger partial charge < -0.3 is 19.5 Å². The number of benzene rings is 1. The van der Waals surface area contributed by atoms with Crippen molar-refractivity contribution in [2.24, 2.45) is 0 Å². The molecule has 2 aromatic rings. The maximum Gasteiger partial charge on any atom is 0.342 e. The molecule has 8 heteroatoms. The van der Waals surface area contributed by atoms with Crippen molar-refractivity contribution < 1.29 is 28.6 Å². The molecule has 1 aromatic carbocycles. The smallest absolute Gasteiger partial charge is 0.342 e. The summed E-state index contributed by atoms with van der Waals surface area (Å²) in [4.78, 5) is 36.7. The second-order valence-corrected chi connectivity index (χ2v) is 6.38. The number of ketones is 1. The summed E-state index contributed by atoms with van der Waals surface area (Å²) in [6.45, 7) is 1.39. The Kier molecular flexibility index (Phi) is 6.74. The number of hydrogen-bond donors (Lipinski definition) is 1. The van der Waals surface area contributed by atoms with Crippen LogP contribution in [0.1, 0.15) is 31.8 Å². The average molecular weight is 377 g/mol. The normalized spacial score (nSPS) is 10.1. The lowest BCUT2D eigenvalue weighted by Crippen LogP contribution is -2.18. The van der Waals surface area contributed by atoms with E-state index in [4.69, 9.17) is 14.2 Å². The van der Waals surface area contributed by atoms with Gasteiger partial charge >= 0.3 is 5.97 Å². The summed E-state index contributed by atoms with van der Waals surface area (Å²) in [5.41, 5.74) is 0.178. The van der Waals surface area contributed by atoms with E-state index >= 15 is 0 Å². The van der Waals surface area contributed by atoms with Crippen LogP contribution in [0.2, 0.25) is 0 Å².